The van der Waals surface area contributed by atoms with Crippen molar-refractivity contribution in [3.05, 3.63) is 28.5 Å². The first-order valence-corrected chi connectivity index (χ1v) is 6.82. The summed E-state index contributed by atoms with van der Waals surface area (Å²) in [5.41, 5.74) is 0.667. The van der Waals surface area contributed by atoms with Crippen molar-refractivity contribution >= 4 is 21.8 Å². The zero-order valence-corrected chi connectivity index (χ0v) is 11.8. The molecule has 17 heavy (non-hydrogen) atoms. The second kappa shape index (κ2) is 5.17. The topological polar surface area (TPSA) is 33.2 Å². The number of pyridine rings is 1. The molecule has 1 aliphatic rings. The highest BCUT2D eigenvalue weighted by molar-refractivity contribution is 9.10. The summed E-state index contributed by atoms with van der Waals surface area (Å²) >= 11 is 3.34. The highest BCUT2D eigenvalue weighted by atomic mass is 79.9. The van der Waals surface area contributed by atoms with Gasteiger partial charge in [-0.05, 0) is 46.8 Å². The first kappa shape index (κ1) is 12.6. The Morgan fingerprint density at radius 1 is 1.59 bits per heavy atom. The molecule has 0 saturated carbocycles. The number of hydrogen-bond donors (Lipinski definition) is 0. The minimum atomic E-state index is 0.0983. The minimum Gasteiger partial charge on any atom is -0.335 e. The van der Waals surface area contributed by atoms with Crippen LogP contribution in [-0.2, 0) is 0 Å². The van der Waals surface area contributed by atoms with Gasteiger partial charge in [0.25, 0.3) is 5.91 Å². The zero-order valence-electron chi connectivity index (χ0n) is 10.2. The van der Waals surface area contributed by atoms with Crippen molar-refractivity contribution in [2.24, 2.45) is 5.92 Å². The molecule has 1 saturated heterocycles. The van der Waals surface area contributed by atoms with Gasteiger partial charge in [0.15, 0.2) is 0 Å². The quantitative estimate of drug-likeness (QED) is 0.786. The maximum atomic E-state index is 12.4. The van der Waals surface area contributed by atoms with E-state index in [4.69, 9.17) is 0 Å². The van der Waals surface area contributed by atoms with Crippen molar-refractivity contribution in [3.8, 4) is 0 Å². The SMILES string of the molecule is CC(C)C1CCCN1C(=O)c1cccnc1Br. The first-order chi connectivity index (χ1) is 8.11. The number of hydrogen-bond acceptors (Lipinski definition) is 2. The van der Waals surface area contributed by atoms with Crippen LogP contribution in [0.3, 0.4) is 0 Å². The monoisotopic (exact) mass is 296 g/mol. The number of nitrogens with zero attached hydrogens (tertiary/aromatic N) is 2. The average molecular weight is 297 g/mol. The van der Waals surface area contributed by atoms with Gasteiger partial charge in [0.2, 0.25) is 0 Å². The van der Waals surface area contributed by atoms with Gasteiger partial charge in [0, 0.05) is 18.8 Å². The number of likely N-dealkylation sites (tertiary alicyclic amines) is 1. The van der Waals surface area contributed by atoms with E-state index in [-0.39, 0.29) is 5.91 Å². The summed E-state index contributed by atoms with van der Waals surface area (Å²) in [6.45, 7) is 5.21. The predicted molar refractivity (Wildman–Crippen MR) is 70.8 cm³/mol. The van der Waals surface area contributed by atoms with Crippen LogP contribution in [0.4, 0.5) is 0 Å². The maximum Gasteiger partial charge on any atom is 0.256 e. The Bertz CT molecular complexity index is 420. The van der Waals surface area contributed by atoms with Crippen LogP contribution in [0, 0.1) is 5.92 Å². The lowest BCUT2D eigenvalue weighted by atomic mass is 10.0. The van der Waals surface area contributed by atoms with Gasteiger partial charge in [0.05, 0.1) is 5.56 Å². The van der Waals surface area contributed by atoms with Gasteiger partial charge in [-0.3, -0.25) is 4.79 Å². The summed E-state index contributed by atoms with van der Waals surface area (Å²) in [5, 5.41) is 0. The normalized spacial score (nSPS) is 20.0. The summed E-state index contributed by atoms with van der Waals surface area (Å²) < 4.78 is 0.638. The smallest absolute Gasteiger partial charge is 0.256 e. The Morgan fingerprint density at radius 2 is 2.35 bits per heavy atom. The first-order valence-electron chi connectivity index (χ1n) is 6.02. The minimum absolute atomic E-state index is 0.0983. The molecule has 0 radical (unpaired) electrons. The Balaban J connectivity index is 2.23. The molecular weight excluding hydrogens is 280 g/mol. The number of amides is 1. The molecule has 0 N–H and O–H groups in total. The highest BCUT2D eigenvalue weighted by Gasteiger charge is 2.32. The van der Waals surface area contributed by atoms with E-state index in [0.29, 0.717) is 22.1 Å². The molecule has 1 unspecified atom stereocenters. The molecule has 0 aromatic carbocycles. The lowest BCUT2D eigenvalue weighted by Gasteiger charge is -2.27. The highest BCUT2D eigenvalue weighted by Crippen LogP contribution is 2.26. The third-order valence-corrected chi connectivity index (χ3v) is 3.95. The van der Waals surface area contributed by atoms with Gasteiger partial charge >= 0.3 is 0 Å². The van der Waals surface area contributed by atoms with Crippen molar-refractivity contribution in [2.45, 2.75) is 32.7 Å². The number of carbonyl (C=O) groups is 1. The summed E-state index contributed by atoms with van der Waals surface area (Å²) in [6.07, 6.45) is 3.90. The molecule has 1 aromatic rings. The molecule has 1 atom stereocenters. The summed E-state index contributed by atoms with van der Waals surface area (Å²) in [5.74, 6) is 0.609. The number of aromatic nitrogens is 1. The largest absolute Gasteiger partial charge is 0.335 e. The van der Waals surface area contributed by atoms with E-state index < -0.39 is 0 Å². The molecule has 3 nitrogen and oxygen atoms in total. The molecule has 1 amide bonds. The molecule has 1 aliphatic heterocycles. The molecule has 0 bridgehead atoms. The lowest BCUT2D eigenvalue weighted by Crippen LogP contribution is -2.38. The third kappa shape index (κ3) is 2.51. The standard InChI is InChI=1S/C13H17BrN2O/c1-9(2)11-6-4-8-16(11)13(17)10-5-3-7-15-12(10)14/h3,5,7,9,11H,4,6,8H2,1-2H3. The molecule has 2 rings (SSSR count). The number of rotatable bonds is 2. The van der Waals surface area contributed by atoms with Crippen molar-refractivity contribution in [3.63, 3.8) is 0 Å². The van der Waals surface area contributed by atoms with Crippen molar-refractivity contribution in [2.75, 3.05) is 6.54 Å². The molecule has 1 aromatic heterocycles. The fourth-order valence-electron chi connectivity index (χ4n) is 2.44. The van der Waals surface area contributed by atoms with Crippen molar-refractivity contribution in [1.82, 2.24) is 9.88 Å². The third-order valence-electron chi connectivity index (χ3n) is 3.32. The summed E-state index contributed by atoms with van der Waals surface area (Å²) in [7, 11) is 0. The van der Waals surface area contributed by atoms with Crippen LogP contribution in [0.1, 0.15) is 37.0 Å². The van der Waals surface area contributed by atoms with Crippen LogP contribution in [0.5, 0.6) is 0 Å². The second-order valence-corrected chi connectivity index (χ2v) is 5.55. The molecule has 2 heterocycles. The van der Waals surface area contributed by atoms with E-state index in [1.165, 1.54) is 0 Å². The molecule has 0 aliphatic carbocycles. The van der Waals surface area contributed by atoms with Gasteiger partial charge in [0.1, 0.15) is 4.60 Å². The van der Waals surface area contributed by atoms with Crippen LogP contribution in [0.25, 0.3) is 0 Å². The van der Waals surface area contributed by atoms with Crippen molar-refractivity contribution < 1.29 is 4.79 Å². The van der Waals surface area contributed by atoms with Gasteiger partial charge in [-0.2, -0.15) is 0 Å². The fraction of sp³-hybridized carbons (Fsp3) is 0.538. The molecule has 1 fully saturated rings. The van der Waals surface area contributed by atoms with Gasteiger partial charge in [-0.15, -0.1) is 0 Å². The van der Waals surface area contributed by atoms with Gasteiger partial charge in [-0.25, -0.2) is 4.98 Å². The summed E-state index contributed by atoms with van der Waals surface area (Å²) in [4.78, 5) is 18.5. The van der Waals surface area contributed by atoms with E-state index in [1.807, 2.05) is 11.0 Å². The fourth-order valence-corrected chi connectivity index (χ4v) is 2.86. The van der Waals surface area contributed by atoms with E-state index in [1.54, 1.807) is 12.3 Å². The summed E-state index contributed by atoms with van der Waals surface area (Å²) in [6, 6.07) is 4.00. The molecule has 0 spiro atoms. The van der Waals surface area contributed by atoms with Crippen LogP contribution < -0.4 is 0 Å². The van der Waals surface area contributed by atoms with Crippen LogP contribution in [0.2, 0.25) is 0 Å². The number of carbonyl (C=O) groups excluding carboxylic acids is 1. The molecular formula is C13H17BrN2O. The lowest BCUT2D eigenvalue weighted by molar-refractivity contribution is 0.0700. The van der Waals surface area contributed by atoms with Gasteiger partial charge in [-0.1, -0.05) is 13.8 Å². The van der Waals surface area contributed by atoms with E-state index >= 15 is 0 Å². The number of halogens is 1. The van der Waals surface area contributed by atoms with E-state index in [0.717, 1.165) is 19.4 Å². The Kier molecular flexibility index (Phi) is 3.82. The van der Waals surface area contributed by atoms with Crippen molar-refractivity contribution in [1.29, 1.82) is 0 Å². The van der Waals surface area contributed by atoms with E-state index in [9.17, 15) is 4.79 Å². The van der Waals surface area contributed by atoms with Gasteiger partial charge < -0.3 is 4.90 Å². The van der Waals surface area contributed by atoms with Crippen LogP contribution in [-0.4, -0.2) is 28.4 Å². The Labute approximate surface area is 110 Å². The predicted octanol–water partition coefficient (Wildman–Crippen LogP) is 3.10. The van der Waals surface area contributed by atoms with E-state index in [2.05, 4.69) is 34.8 Å². The molecule has 92 valence electrons. The molecule has 4 heteroatoms. The van der Waals surface area contributed by atoms with Crippen LogP contribution >= 0.6 is 15.9 Å². The second-order valence-electron chi connectivity index (χ2n) is 4.79. The Morgan fingerprint density at radius 3 is 3.00 bits per heavy atom. The maximum absolute atomic E-state index is 12.4. The zero-order chi connectivity index (χ0) is 12.4. The Hall–Kier alpha value is -0.900. The average Bonchev–Trinajstić information content (AvgIpc) is 2.77. The van der Waals surface area contributed by atoms with Crippen LogP contribution in [0.15, 0.2) is 22.9 Å².